The Kier molecular flexibility index (Phi) is 4.15. The zero-order valence-corrected chi connectivity index (χ0v) is 13.7. The first kappa shape index (κ1) is 15.7. The highest BCUT2D eigenvalue weighted by molar-refractivity contribution is 6.06. The third-order valence-electron chi connectivity index (χ3n) is 4.79. The molecule has 1 aliphatic carbocycles. The van der Waals surface area contributed by atoms with Crippen LogP contribution in [0.25, 0.3) is 11.2 Å². The van der Waals surface area contributed by atoms with Gasteiger partial charge in [-0.05, 0) is 37.3 Å². The number of aromatic nitrogens is 4. The molecule has 7 nitrogen and oxygen atoms in total. The van der Waals surface area contributed by atoms with Crippen LogP contribution in [0.5, 0.6) is 0 Å². The van der Waals surface area contributed by atoms with Crippen LogP contribution in [-0.2, 0) is 0 Å². The van der Waals surface area contributed by atoms with Gasteiger partial charge in [0.05, 0.1) is 6.33 Å². The largest absolute Gasteiger partial charge is 0.396 e. The van der Waals surface area contributed by atoms with Crippen molar-refractivity contribution in [1.82, 2.24) is 19.5 Å². The Morgan fingerprint density at radius 3 is 2.80 bits per heavy atom. The Morgan fingerprint density at radius 2 is 2.04 bits per heavy atom. The molecule has 7 heteroatoms. The molecule has 1 saturated carbocycles. The maximum Gasteiger partial charge on any atom is 0.256 e. The Bertz CT molecular complexity index is 893. The number of fused-ring (bicyclic) bond motifs is 1. The summed E-state index contributed by atoms with van der Waals surface area (Å²) in [4.78, 5) is 25.3. The second-order valence-electron chi connectivity index (χ2n) is 6.38. The first-order valence-corrected chi connectivity index (χ1v) is 8.41. The highest BCUT2D eigenvalue weighted by Crippen LogP contribution is 2.36. The lowest BCUT2D eigenvalue weighted by Gasteiger charge is -2.12. The van der Waals surface area contributed by atoms with E-state index in [0.29, 0.717) is 28.5 Å². The van der Waals surface area contributed by atoms with Gasteiger partial charge in [0.2, 0.25) is 0 Å². The first-order chi connectivity index (χ1) is 12.3. The predicted molar refractivity (Wildman–Crippen MR) is 93.2 cm³/mol. The Labute approximate surface area is 144 Å². The Balaban J connectivity index is 1.62. The fourth-order valence-electron chi connectivity index (χ4n) is 3.45. The number of imidazole rings is 1. The number of benzene rings is 1. The molecule has 128 valence electrons. The van der Waals surface area contributed by atoms with Crippen LogP contribution in [0.1, 0.15) is 35.7 Å². The average Bonchev–Trinajstić information content (AvgIpc) is 3.29. The van der Waals surface area contributed by atoms with Crippen molar-refractivity contribution in [3.8, 4) is 0 Å². The molecule has 0 radical (unpaired) electrons. The number of hydrogen-bond acceptors (Lipinski definition) is 5. The molecule has 4 rings (SSSR count). The summed E-state index contributed by atoms with van der Waals surface area (Å²) in [6.07, 6.45) is 6.11. The quantitative estimate of drug-likeness (QED) is 0.762. The van der Waals surface area contributed by atoms with Crippen LogP contribution in [0.15, 0.2) is 43.0 Å². The van der Waals surface area contributed by atoms with Crippen molar-refractivity contribution >= 4 is 22.9 Å². The number of rotatable bonds is 4. The molecule has 1 amide bonds. The van der Waals surface area contributed by atoms with Gasteiger partial charge in [-0.3, -0.25) is 4.79 Å². The molecule has 0 saturated heterocycles. The highest BCUT2D eigenvalue weighted by atomic mass is 16.3. The maximum atomic E-state index is 12.4. The van der Waals surface area contributed by atoms with E-state index in [0.717, 1.165) is 19.3 Å². The van der Waals surface area contributed by atoms with Crippen LogP contribution in [0.4, 0.5) is 5.82 Å². The number of aliphatic hydroxyl groups is 1. The van der Waals surface area contributed by atoms with Gasteiger partial charge in [-0.25, -0.2) is 15.0 Å². The fourth-order valence-corrected chi connectivity index (χ4v) is 3.45. The molecule has 2 heterocycles. The fraction of sp³-hybridized carbons (Fsp3) is 0.333. The minimum atomic E-state index is -0.226. The molecule has 0 aliphatic heterocycles. The van der Waals surface area contributed by atoms with Gasteiger partial charge < -0.3 is 15.0 Å². The summed E-state index contributed by atoms with van der Waals surface area (Å²) in [6, 6.07) is 9.27. The average molecular weight is 337 g/mol. The molecule has 1 fully saturated rings. The molecule has 0 spiro atoms. The van der Waals surface area contributed by atoms with E-state index in [1.807, 2.05) is 22.8 Å². The van der Waals surface area contributed by atoms with Crippen molar-refractivity contribution in [2.45, 2.75) is 25.3 Å². The zero-order valence-electron chi connectivity index (χ0n) is 13.7. The highest BCUT2D eigenvalue weighted by Gasteiger charge is 2.27. The number of carbonyl (C=O) groups is 1. The van der Waals surface area contributed by atoms with Crippen LogP contribution in [0.3, 0.4) is 0 Å². The summed E-state index contributed by atoms with van der Waals surface area (Å²) < 4.78 is 2.03. The molecule has 2 atom stereocenters. The van der Waals surface area contributed by atoms with Crippen molar-refractivity contribution in [2.24, 2.45) is 5.92 Å². The molecule has 3 aromatic rings. The van der Waals surface area contributed by atoms with Gasteiger partial charge in [-0.15, -0.1) is 0 Å². The van der Waals surface area contributed by atoms with Gasteiger partial charge >= 0.3 is 0 Å². The van der Waals surface area contributed by atoms with E-state index in [-0.39, 0.29) is 18.6 Å². The molecular weight excluding hydrogens is 318 g/mol. The minimum absolute atomic E-state index is 0.219. The number of carbonyl (C=O) groups excluding carboxylic acids is 1. The van der Waals surface area contributed by atoms with E-state index < -0.39 is 0 Å². The van der Waals surface area contributed by atoms with E-state index in [9.17, 15) is 9.90 Å². The lowest BCUT2D eigenvalue weighted by molar-refractivity contribution is 0.102. The molecule has 1 aromatic carbocycles. The minimum Gasteiger partial charge on any atom is -0.396 e. The van der Waals surface area contributed by atoms with Crippen molar-refractivity contribution in [3.63, 3.8) is 0 Å². The number of nitrogens with one attached hydrogen (secondary N) is 1. The lowest BCUT2D eigenvalue weighted by Crippen LogP contribution is -2.13. The van der Waals surface area contributed by atoms with Gasteiger partial charge in [0.15, 0.2) is 17.0 Å². The van der Waals surface area contributed by atoms with E-state index in [1.54, 1.807) is 18.5 Å². The molecule has 1 aliphatic rings. The van der Waals surface area contributed by atoms with E-state index in [1.165, 1.54) is 6.33 Å². The molecular formula is C18H19N5O2. The first-order valence-electron chi connectivity index (χ1n) is 8.41. The van der Waals surface area contributed by atoms with Crippen LogP contribution in [0.2, 0.25) is 0 Å². The topological polar surface area (TPSA) is 92.9 Å². The van der Waals surface area contributed by atoms with E-state index in [2.05, 4.69) is 20.3 Å². The summed E-state index contributed by atoms with van der Waals surface area (Å²) in [6.45, 7) is 0.219. The van der Waals surface area contributed by atoms with Crippen LogP contribution in [-0.4, -0.2) is 37.1 Å². The Hall–Kier alpha value is -2.80. The van der Waals surface area contributed by atoms with Crippen molar-refractivity contribution < 1.29 is 9.90 Å². The SMILES string of the molecule is O=C(Nc1ncnc2c1ncn2C1CCC(CO)C1)c1ccccc1. The standard InChI is InChI=1S/C18H19N5O2/c24-9-12-6-7-14(8-12)23-11-21-15-16(19-10-20-17(15)23)22-18(25)13-4-2-1-3-5-13/h1-5,10-12,14,24H,6-9H2,(H,19,20,22,25). The van der Waals surface area contributed by atoms with Gasteiger partial charge in [0, 0.05) is 18.2 Å². The zero-order chi connectivity index (χ0) is 17.2. The maximum absolute atomic E-state index is 12.4. The molecule has 2 aromatic heterocycles. The van der Waals surface area contributed by atoms with Crippen molar-refractivity contribution in [2.75, 3.05) is 11.9 Å². The number of aliphatic hydroxyl groups excluding tert-OH is 1. The summed E-state index contributed by atoms with van der Waals surface area (Å²) in [5.41, 5.74) is 1.86. The van der Waals surface area contributed by atoms with Crippen LogP contribution < -0.4 is 5.32 Å². The second-order valence-corrected chi connectivity index (χ2v) is 6.38. The lowest BCUT2D eigenvalue weighted by atomic mass is 10.1. The number of amides is 1. The molecule has 25 heavy (non-hydrogen) atoms. The van der Waals surface area contributed by atoms with Crippen LogP contribution in [0, 0.1) is 5.92 Å². The van der Waals surface area contributed by atoms with Crippen molar-refractivity contribution in [3.05, 3.63) is 48.5 Å². The molecule has 2 N–H and O–H groups in total. The molecule has 2 unspecified atom stereocenters. The van der Waals surface area contributed by atoms with Gasteiger partial charge in [0.1, 0.15) is 6.33 Å². The number of anilines is 1. The molecule has 0 bridgehead atoms. The number of hydrogen-bond donors (Lipinski definition) is 2. The normalized spacial score (nSPS) is 20.0. The predicted octanol–water partition coefficient (Wildman–Crippen LogP) is 2.41. The summed E-state index contributed by atoms with van der Waals surface area (Å²) >= 11 is 0. The summed E-state index contributed by atoms with van der Waals surface area (Å²) in [7, 11) is 0. The number of nitrogens with zero attached hydrogens (tertiary/aromatic N) is 4. The van der Waals surface area contributed by atoms with Crippen molar-refractivity contribution in [1.29, 1.82) is 0 Å². The monoisotopic (exact) mass is 337 g/mol. The summed E-state index contributed by atoms with van der Waals surface area (Å²) in [5.74, 6) is 0.521. The third kappa shape index (κ3) is 2.98. The van der Waals surface area contributed by atoms with E-state index >= 15 is 0 Å². The van der Waals surface area contributed by atoms with E-state index in [4.69, 9.17) is 0 Å². The van der Waals surface area contributed by atoms with Crippen LogP contribution >= 0.6 is 0 Å². The Morgan fingerprint density at radius 1 is 1.20 bits per heavy atom. The third-order valence-corrected chi connectivity index (χ3v) is 4.79. The second kappa shape index (κ2) is 6.60. The van der Waals surface area contributed by atoms with Gasteiger partial charge in [0.25, 0.3) is 5.91 Å². The van der Waals surface area contributed by atoms with Gasteiger partial charge in [-0.1, -0.05) is 18.2 Å². The van der Waals surface area contributed by atoms with Gasteiger partial charge in [-0.2, -0.15) is 0 Å². The summed E-state index contributed by atoms with van der Waals surface area (Å²) in [5, 5.41) is 12.2. The smallest absolute Gasteiger partial charge is 0.256 e.